The summed E-state index contributed by atoms with van der Waals surface area (Å²) in [7, 11) is 0. The van der Waals surface area contributed by atoms with Gasteiger partial charge in [-0.2, -0.15) is 0 Å². The lowest BCUT2D eigenvalue weighted by Gasteiger charge is -2.13. The number of aromatic nitrogens is 2. The van der Waals surface area contributed by atoms with Gasteiger partial charge in [-0.3, -0.25) is 24.3 Å². The monoisotopic (exact) mass is 488 g/mol. The Labute approximate surface area is 206 Å². The van der Waals surface area contributed by atoms with Crippen LogP contribution in [0.2, 0.25) is 0 Å². The summed E-state index contributed by atoms with van der Waals surface area (Å²) < 4.78 is 1.61. The molecule has 0 radical (unpaired) electrons. The van der Waals surface area contributed by atoms with Crippen LogP contribution in [0.4, 0.5) is 11.4 Å². The van der Waals surface area contributed by atoms with E-state index in [1.165, 1.54) is 11.6 Å². The number of para-hydroxylation sites is 2. The summed E-state index contributed by atoms with van der Waals surface area (Å²) in [5.74, 6) is -0.458. The lowest BCUT2D eigenvalue weighted by molar-refractivity contribution is -0.384. The summed E-state index contributed by atoms with van der Waals surface area (Å²) >= 11 is 1.14. The van der Waals surface area contributed by atoms with E-state index in [-0.39, 0.29) is 22.7 Å². The Morgan fingerprint density at radius 3 is 2.57 bits per heavy atom. The van der Waals surface area contributed by atoms with Gasteiger partial charge < -0.3 is 5.32 Å². The molecule has 3 aromatic carbocycles. The fraction of sp³-hybridized carbons (Fsp3) is 0.192. The second-order valence-electron chi connectivity index (χ2n) is 8.02. The van der Waals surface area contributed by atoms with E-state index >= 15 is 0 Å². The van der Waals surface area contributed by atoms with Crippen LogP contribution in [0.3, 0.4) is 0 Å². The minimum absolute atomic E-state index is 0.0467. The topological polar surface area (TPSA) is 107 Å². The molecule has 0 aliphatic rings. The zero-order chi connectivity index (χ0) is 24.8. The van der Waals surface area contributed by atoms with Gasteiger partial charge in [-0.1, -0.05) is 66.4 Å². The van der Waals surface area contributed by atoms with Gasteiger partial charge in [0.05, 0.1) is 21.6 Å². The van der Waals surface area contributed by atoms with Crippen LogP contribution in [0.25, 0.3) is 10.9 Å². The number of anilines is 1. The molecule has 8 nitrogen and oxygen atoms in total. The molecule has 0 aliphatic carbocycles. The van der Waals surface area contributed by atoms with E-state index in [0.29, 0.717) is 28.2 Å². The number of rotatable bonds is 9. The zero-order valence-corrected chi connectivity index (χ0v) is 20.0. The number of fused-ring (bicyclic) bond motifs is 1. The summed E-state index contributed by atoms with van der Waals surface area (Å²) in [4.78, 5) is 41.4. The SMILES string of the molecule is Cc1cccc([N+](=O)[O-])c1NC(=O)CSc1nc2ccccc2c(=O)n1CCCc1ccccc1. The highest BCUT2D eigenvalue weighted by molar-refractivity contribution is 7.99. The number of nitrogens with one attached hydrogen (secondary N) is 1. The van der Waals surface area contributed by atoms with Gasteiger partial charge in [-0.05, 0) is 43.0 Å². The van der Waals surface area contributed by atoms with Crippen LogP contribution in [0.1, 0.15) is 17.5 Å². The highest BCUT2D eigenvalue weighted by Crippen LogP contribution is 2.28. The van der Waals surface area contributed by atoms with Crippen molar-refractivity contribution < 1.29 is 9.72 Å². The maximum absolute atomic E-state index is 13.2. The predicted octanol–water partition coefficient (Wildman–Crippen LogP) is 4.98. The number of thioether (sulfide) groups is 1. The largest absolute Gasteiger partial charge is 0.319 e. The number of carbonyl (C=O) groups excluding carboxylic acids is 1. The molecule has 0 fully saturated rings. The molecule has 0 saturated heterocycles. The Balaban J connectivity index is 1.54. The second kappa shape index (κ2) is 11.0. The minimum atomic E-state index is -0.523. The molecular formula is C26H24N4O4S. The molecule has 178 valence electrons. The fourth-order valence-corrected chi connectivity index (χ4v) is 4.64. The average Bonchev–Trinajstić information content (AvgIpc) is 2.86. The number of carbonyl (C=O) groups is 1. The first-order chi connectivity index (χ1) is 16.9. The molecule has 1 amide bonds. The molecule has 1 N–H and O–H groups in total. The van der Waals surface area contributed by atoms with Gasteiger partial charge in [0, 0.05) is 12.6 Å². The first-order valence-corrected chi connectivity index (χ1v) is 12.1. The summed E-state index contributed by atoms with van der Waals surface area (Å²) in [5, 5.41) is 15.0. The Bertz CT molecular complexity index is 1440. The van der Waals surface area contributed by atoms with E-state index in [1.54, 1.807) is 41.8 Å². The van der Waals surface area contributed by atoms with E-state index in [0.717, 1.165) is 24.6 Å². The van der Waals surface area contributed by atoms with Gasteiger partial charge in [0.2, 0.25) is 5.91 Å². The molecule has 1 heterocycles. The molecule has 9 heteroatoms. The van der Waals surface area contributed by atoms with Crippen LogP contribution in [-0.2, 0) is 17.8 Å². The van der Waals surface area contributed by atoms with Gasteiger partial charge in [0.1, 0.15) is 5.69 Å². The molecular weight excluding hydrogens is 464 g/mol. The Morgan fingerprint density at radius 2 is 1.80 bits per heavy atom. The van der Waals surface area contributed by atoms with Crippen molar-refractivity contribution in [2.75, 3.05) is 11.1 Å². The van der Waals surface area contributed by atoms with Gasteiger partial charge in [-0.15, -0.1) is 0 Å². The molecule has 0 atom stereocenters. The maximum Gasteiger partial charge on any atom is 0.293 e. The van der Waals surface area contributed by atoms with E-state index in [9.17, 15) is 19.7 Å². The highest BCUT2D eigenvalue weighted by Gasteiger charge is 2.19. The van der Waals surface area contributed by atoms with E-state index < -0.39 is 10.8 Å². The van der Waals surface area contributed by atoms with Crippen LogP contribution >= 0.6 is 11.8 Å². The number of hydrogen-bond acceptors (Lipinski definition) is 6. The molecule has 0 saturated carbocycles. The van der Waals surface area contributed by atoms with Crippen molar-refractivity contribution in [3.05, 3.63) is 104 Å². The third-order valence-corrected chi connectivity index (χ3v) is 6.54. The van der Waals surface area contributed by atoms with Crippen molar-refractivity contribution in [3.8, 4) is 0 Å². The van der Waals surface area contributed by atoms with E-state index in [4.69, 9.17) is 0 Å². The lowest BCUT2D eigenvalue weighted by atomic mass is 10.1. The summed E-state index contributed by atoms with van der Waals surface area (Å²) in [6, 6.07) is 21.8. The van der Waals surface area contributed by atoms with Gasteiger partial charge in [0.25, 0.3) is 11.2 Å². The highest BCUT2D eigenvalue weighted by atomic mass is 32.2. The number of amides is 1. The van der Waals surface area contributed by atoms with Crippen molar-refractivity contribution in [2.24, 2.45) is 0 Å². The van der Waals surface area contributed by atoms with Crippen molar-refractivity contribution >= 4 is 39.9 Å². The number of nitrogens with zero attached hydrogens (tertiary/aromatic N) is 3. The van der Waals surface area contributed by atoms with Crippen LogP contribution < -0.4 is 10.9 Å². The summed E-state index contributed by atoms with van der Waals surface area (Å²) in [6.45, 7) is 2.16. The van der Waals surface area contributed by atoms with Crippen LogP contribution in [0.15, 0.2) is 82.7 Å². The number of hydrogen-bond donors (Lipinski definition) is 1. The zero-order valence-electron chi connectivity index (χ0n) is 19.1. The molecule has 0 bridgehead atoms. The molecule has 0 spiro atoms. The van der Waals surface area contributed by atoms with Crippen molar-refractivity contribution in [1.29, 1.82) is 0 Å². The van der Waals surface area contributed by atoms with Gasteiger partial charge in [0.15, 0.2) is 5.16 Å². The Hall–Kier alpha value is -3.98. The summed E-state index contributed by atoms with van der Waals surface area (Å²) in [6.07, 6.45) is 1.54. The van der Waals surface area contributed by atoms with Crippen LogP contribution in [-0.4, -0.2) is 26.1 Å². The first-order valence-electron chi connectivity index (χ1n) is 11.1. The maximum atomic E-state index is 13.2. The van der Waals surface area contributed by atoms with E-state index in [1.807, 2.05) is 36.4 Å². The molecule has 0 unspecified atom stereocenters. The van der Waals surface area contributed by atoms with Gasteiger partial charge >= 0.3 is 0 Å². The van der Waals surface area contributed by atoms with Crippen molar-refractivity contribution in [3.63, 3.8) is 0 Å². The molecule has 0 aliphatic heterocycles. The van der Waals surface area contributed by atoms with Crippen molar-refractivity contribution in [2.45, 2.75) is 31.5 Å². The standard InChI is InChI=1S/C26H24N4O4S/c1-18-9-7-15-22(30(33)34)24(18)28-23(31)17-35-26-27-21-14-6-5-13-20(21)25(32)29(26)16-8-12-19-10-3-2-4-11-19/h2-7,9-11,13-15H,8,12,16-17H2,1H3,(H,28,31). The fourth-order valence-electron chi connectivity index (χ4n) is 3.81. The minimum Gasteiger partial charge on any atom is -0.319 e. The summed E-state index contributed by atoms with van der Waals surface area (Å²) in [5.41, 5.74) is 2.21. The van der Waals surface area contributed by atoms with Crippen LogP contribution in [0, 0.1) is 17.0 Å². The van der Waals surface area contributed by atoms with Crippen molar-refractivity contribution in [1.82, 2.24) is 9.55 Å². The third kappa shape index (κ3) is 5.75. The average molecular weight is 489 g/mol. The smallest absolute Gasteiger partial charge is 0.293 e. The third-order valence-electron chi connectivity index (χ3n) is 5.56. The number of nitro groups is 1. The van der Waals surface area contributed by atoms with E-state index in [2.05, 4.69) is 10.3 Å². The number of aryl methyl sites for hydroxylation is 2. The predicted molar refractivity (Wildman–Crippen MR) is 138 cm³/mol. The van der Waals surface area contributed by atoms with Gasteiger partial charge in [-0.25, -0.2) is 4.98 Å². The second-order valence-corrected chi connectivity index (χ2v) is 8.96. The molecule has 4 rings (SSSR count). The number of nitro benzene ring substituents is 1. The van der Waals surface area contributed by atoms with Crippen LogP contribution in [0.5, 0.6) is 0 Å². The Morgan fingerprint density at radius 1 is 1.06 bits per heavy atom. The number of benzene rings is 3. The Kier molecular flexibility index (Phi) is 7.57. The normalized spacial score (nSPS) is 10.9. The molecule has 4 aromatic rings. The lowest BCUT2D eigenvalue weighted by Crippen LogP contribution is -2.24. The molecule has 35 heavy (non-hydrogen) atoms. The first kappa shape index (κ1) is 24.2. The molecule has 1 aromatic heterocycles. The quantitative estimate of drug-likeness (QED) is 0.154.